The number of aliphatic hydroxyl groups excluding tert-OH is 1. The van der Waals surface area contributed by atoms with Crippen LogP contribution >= 0.6 is 11.6 Å². The van der Waals surface area contributed by atoms with Crippen LogP contribution in [-0.4, -0.2) is 39.5 Å². The van der Waals surface area contributed by atoms with Crippen LogP contribution in [0.15, 0.2) is 54.6 Å². The maximum atomic E-state index is 13.5. The second kappa shape index (κ2) is 10.8. The fraction of sp³-hybridized carbons (Fsp3) is 0.276. The lowest BCUT2D eigenvalue weighted by Gasteiger charge is -2.29. The molecular formula is C29H32ClN5O3. The van der Waals surface area contributed by atoms with Crippen molar-refractivity contribution < 1.29 is 14.7 Å². The smallest absolute Gasteiger partial charge is 0.258 e. The molecule has 0 saturated heterocycles. The van der Waals surface area contributed by atoms with E-state index >= 15 is 0 Å². The maximum absolute atomic E-state index is 13.5. The molecule has 0 aliphatic rings. The van der Waals surface area contributed by atoms with Crippen molar-refractivity contribution in [2.75, 3.05) is 22.6 Å². The van der Waals surface area contributed by atoms with Crippen molar-refractivity contribution in [2.45, 2.75) is 40.7 Å². The highest BCUT2D eigenvalue weighted by Gasteiger charge is 2.25. The average molecular weight is 534 g/mol. The zero-order chi connectivity index (χ0) is 27.6. The Morgan fingerprint density at radius 2 is 1.71 bits per heavy atom. The highest BCUT2D eigenvalue weighted by Crippen LogP contribution is 2.29. The van der Waals surface area contributed by atoms with Gasteiger partial charge >= 0.3 is 0 Å². The van der Waals surface area contributed by atoms with Gasteiger partial charge < -0.3 is 26.0 Å². The minimum absolute atomic E-state index is 0.0976. The van der Waals surface area contributed by atoms with E-state index in [1.807, 2.05) is 46.8 Å². The molecule has 2 amide bonds. The van der Waals surface area contributed by atoms with Gasteiger partial charge in [0.1, 0.15) is 5.52 Å². The number of hydrogen-bond donors (Lipinski definition) is 5. The number of rotatable bonds is 7. The van der Waals surface area contributed by atoms with Crippen molar-refractivity contribution in [1.29, 1.82) is 0 Å². The number of anilines is 3. The number of hydrogen-bond acceptors (Lipinski definition) is 5. The lowest BCUT2D eigenvalue weighted by Crippen LogP contribution is -2.37. The summed E-state index contributed by atoms with van der Waals surface area (Å²) in [6.45, 7) is 9.62. The quantitative estimate of drug-likeness (QED) is 0.195. The van der Waals surface area contributed by atoms with Gasteiger partial charge in [0.15, 0.2) is 0 Å². The van der Waals surface area contributed by atoms with Gasteiger partial charge in [0.25, 0.3) is 11.8 Å². The Morgan fingerprint density at radius 3 is 2.39 bits per heavy atom. The van der Waals surface area contributed by atoms with E-state index in [4.69, 9.17) is 11.6 Å². The van der Waals surface area contributed by atoms with Gasteiger partial charge in [-0.05, 0) is 60.7 Å². The average Bonchev–Trinajstić information content (AvgIpc) is 3.26. The summed E-state index contributed by atoms with van der Waals surface area (Å²) in [6, 6.07) is 15.6. The molecule has 8 nitrogen and oxygen atoms in total. The van der Waals surface area contributed by atoms with Crippen molar-refractivity contribution in [2.24, 2.45) is 5.41 Å². The fourth-order valence-corrected chi connectivity index (χ4v) is 4.27. The second-order valence-corrected chi connectivity index (χ2v) is 10.8. The number of H-pyrrole nitrogens is 1. The molecule has 0 saturated carbocycles. The number of aromatic nitrogens is 2. The summed E-state index contributed by atoms with van der Waals surface area (Å²) in [5, 5.41) is 19.5. The predicted molar refractivity (Wildman–Crippen MR) is 153 cm³/mol. The number of carbonyl (C=O) groups is 2. The van der Waals surface area contributed by atoms with Crippen LogP contribution in [0.4, 0.5) is 17.3 Å². The van der Waals surface area contributed by atoms with Crippen LogP contribution in [0.3, 0.4) is 0 Å². The molecule has 0 aliphatic carbocycles. The summed E-state index contributed by atoms with van der Waals surface area (Å²) >= 11 is 6.25. The number of aromatic amines is 1. The Morgan fingerprint density at radius 1 is 1.00 bits per heavy atom. The van der Waals surface area contributed by atoms with E-state index in [0.29, 0.717) is 38.9 Å². The molecule has 0 spiro atoms. The zero-order valence-electron chi connectivity index (χ0n) is 22.1. The maximum Gasteiger partial charge on any atom is 0.258 e. The second-order valence-electron chi connectivity index (χ2n) is 10.4. The van der Waals surface area contributed by atoms with Gasteiger partial charge in [-0.25, -0.2) is 4.98 Å². The van der Waals surface area contributed by atoms with Crippen LogP contribution in [0.25, 0.3) is 11.0 Å². The number of aryl methyl sites for hydroxylation is 1. The predicted octanol–water partition coefficient (Wildman–Crippen LogP) is 6.16. The third-order valence-electron chi connectivity index (χ3n) is 6.53. The lowest BCUT2D eigenvalue weighted by atomic mass is 9.87. The van der Waals surface area contributed by atoms with Gasteiger partial charge in [-0.2, -0.15) is 0 Å². The third-order valence-corrected chi connectivity index (χ3v) is 6.94. The molecule has 0 bridgehead atoms. The number of amides is 2. The Hall–Kier alpha value is -3.88. The first-order valence-corrected chi connectivity index (χ1v) is 12.7. The van der Waals surface area contributed by atoms with E-state index in [2.05, 4.69) is 25.9 Å². The standard InChI is InChI=1S/C29H32ClN5O3/c1-16-9-6-7-10-19(16)26(37)31-18-13-20(27(38)32-22-12-8-11-21(30)17(22)2)25-23(14-18)33-28(35-25)34-24(15-36)29(3,4)5/h6-14,24,36H,15H2,1-5H3,(H,31,37)(H,32,38)(H2,33,34,35)/t24-/m1/s1. The first-order chi connectivity index (χ1) is 18.0. The molecule has 0 unspecified atom stereocenters. The number of carbonyl (C=O) groups excluding carboxylic acids is 2. The number of nitrogens with one attached hydrogen (secondary N) is 4. The lowest BCUT2D eigenvalue weighted by molar-refractivity contribution is 0.101. The highest BCUT2D eigenvalue weighted by molar-refractivity contribution is 6.31. The monoisotopic (exact) mass is 533 g/mol. The van der Waals surface area contributed by atoms with E-state index < -0.39 is 5.91 Å². The molecular weight excluding hydrogens is 502 g/mol. The van der Waals surface area contributed by atoms with Crippen LogP contribution in [0.1, 0.15) is 52.6 Å². The summed E-state index contributed by atoms with van der Waals surface area (Å²) in [4.78, 5) is 34.4. The SMILES string of the molecule is Cc1ccccc1C(=O)Nc1cc(C(=O)Nc2cccc(Cl)c2C)c2nc(N[C@H](CO)C(C)(C)C)[nH]c2c1. The van der Waals surface area contributed by atoms with Gasteiger partial charge in [0.05, 0.1) is 23.7 Å². The van der Waals surface area contributed by atoms with E-state index in [9.17, 15) is 14.7 Å². The molecule has 198 valence electrons. The topological polar surface area (TPSA) is 119 Å². The Balaban J connectivity index is 1.75. The molecule has 38 heavy (non-hydrogen) atoms. The van der Waals surface area contributed by atoms with Crippen LogP contribution in [0.2, 0.25) is 5.02 Å². The number of halogens is 1. The Kier molecular flexibility index (Phi) is 7.76. The minimum atomic E-state index is -0.403. The van der Waals surface area contributed by atoms with Crippen molar-refractivity contribution in [3.8, 4) is 0 Å². The van der Waals surface area contributed by atoms with Gasteiger partial charge in [-0.15, -0.1) is 0 Å². The molecule has 9 heteroatoms. The van der Waals surface area contributed by atoms with Crippen molar-refractivity contribution in [3.63, 3.8) is 0 Å². The summed E-state index contributed by atoms with van der Waals surface area (Å²) in [6.07, 6.45) is 0. The number of aliphatic hydroxyl groups is 1. The van der Waals surface area contributed by atoms with E-state index in [1.165, 1.54) is 0 Å². The molecule has 3 aromatic carbocycles. The number of nitrogens with zero attached hydrogens (tertiary/aromatic N) is 1. The van der Waals surface area contributed by atoms with Gasteiger partial charge in [-0.1, -0.05) is 56.6 Å². The Bertz CT molecular complexity index is 1510. The zero-order valence-corrected chi connectivity index (χ0v) is 22.8. The first-order valence-electron chi connectivity index (χ1n) is 12.3. The summed E-state index contributed by atoms with van der Waals surface area (Å²) in [5.74, 6) is -0.283. The minimum Gasteiger partial charge on any atom is -0.394 e. The van der Waals surface area contributed by atoms with Crippen LogP contribution in [-0.2, 0) is 0 Å². The number of imidazole rings is 1. The van der Waals surface area contributed by atoms with Crippen molar-refractivity contribution in [3.05, 3.63) is 81.9 Å². The summed E-state index contributed by atoms with van der Waals surface area (Å²) in [5.41, 5.74) is 4.12. The largest absolute Gasteiger partial charge is 0.394 e. The number of fused-ring (bicyclic) bond motifs is 1. The normalized spacial score (nSPS) is 12.3. The Labute approximate surface area is 226 Å². The highest BCUT2D eigenvalue weighted by atomic mass is 35.5. The first kappa shape index (κ1) is 27.2. The van der Waals surface area contributed by atoms with E-state index in [1.54, 1.807) is 42.5 Å². The molecule has 1 aromatic heterocycles. The summed E-state index contributed by atoms with van der Waals surface area (Å²) < 4.78 is 0. The molecule has 5 N–H and O–H groups in total. The van der Waals surface area contributed by atoms with Gasteiger partial charge in [-0.3, -0.25) is 9.59 Å². The molecule has 0 fully saturated rings. The third kappa shape index (κ3) is 5.82. The molecule has 4 aromatic rings. The summed E-state index contributed by atoms with van der Waals surface area (Å²) in [7, 11) is 0. The molecule has 0 radical (unpaired) electrons. The molecule has 1 atom stereocenters. The van der Waals surface area contributed by atoms with E-state index in [-0.39, 0.29) is 29.5 Å². The van der Waals surface area contributed by atoms with Crippen molar-refractivity contribution in [1.82, 2.24) is 9.97 Å². The number of benzene rings is 3. The molecule has 1 heterocycles. The fourth-order valence-electron chi connectivity index (χ4n) is 4.09. The van der Waals surface area contributed by atoms with Crippen LogP contribution < -0.4 is 16.0 Å². The van der Waals surface area contributed by atoms with Crippen LogP contribution in [0, 0.1) is 19.3 Å². The van der Waals surface area contributed by atoms with Gasteiger partial charge in [0, 0.05) is 22.0 Å². The van der Waals surface area contributed by atoms with E-state index in [0.717, 1.165) is 11.1 Å². The van der Waals surface area contributed by atoms with Crippen LogP contribution in [0.5, 0.6) is 0 Å². The molecule has 4 rings (SSSR count). The van der Waals surface area contributed by atoms with Gasteiger partial charge in [0.2, 0.25) is 5.95 Å². The molecule has 0 aliphatic heterocycles. The van der Waals surface area contributed by atoms with Crippen molar-refractivity contribution >= 4 is 51.8 Å².